The van der Waals surface area contributed by atoms with Gasteiger partial charge in [-0.1, -0.05) is 12.1 Å². The number of tetrazole rings is 1. The monoisotopic (exact) mass is 441 g/mol. The maximum absolute atomic E-state index is 12.1. The van der Waals surface area contributed by atoms with E-state index >= 15 is 0 Å². The first-order valence-corrected chi connectivity index (χ1v) is 10.3. The van der Waals surface area contributed by atoms with E-state index in [0.29, 0.717) is 23.6 Å². The van der Waals surface area contributed by atoms with Crippen molar-refractivity contribution >= 4 is 34.7 Å². The molecule has 0 spiro atoms. The summed E-state index contributed by atoms with van der Waals surface area (Å²) in [4.78, 5) is 34.4. The van der Waals surface area contributed by atoms with Crippen LogP contribution in [0.2, 0.25) is 0 Å². The zero-order chi connectivity index (χ0) is 22.6. The molecule has 2 amide bonds. The normalized spacial score (nSPS) is 13.2. The molecule has 11 heteroatoms. The van der Waals surface area contributed by atoms with Crippen LogP contribution in [0.25, 0.3) is 11.1 Å². The van der Waals surface area contributed by atoms with E-state index in [4.69, 9.17) is 0 Å². The molecule has 11 nitrogen and oxygen atoms in total. The Balaban J connectivity index is 1.25. The van der Waals surface area contributed by atoms with Gasteiger partial charge in [-0.25, -0.2) is 4.98 Å². The summed E-state index contributed by atoms with van der Waals surface area (Å²) in [5, 5.41) is 18.7. The number of nitrogens with one attached hydrogen (secondary N) is 3. The first kappa shape index (κ1) is 20.2. The molecule has 0 bridgehead atoms. The van der Waals surface area contributed by atoms with Crippen molar-refractivity contribution in [3.63, 3.8) is 0 Å². The minimum absolute atomic E-state index is 0.0642. The van der Waals surface area contributed by atoms with Gasteiger partial charge in [-0.15, -0.1) is 10.2 Å². The Morgan fingerprint density at radius 3 is 2.52 bits per heavy atom. The van der Waals surface area contributed by atoms with Crippen LogP contribution in [0.1, 0.15) is 23.5 Å². The predicted molar refractivity (Wildman–Crippen MR) is 121 cm³/mol. The number of amides is 2. The summed E-state index contributed by atoms with van der Waals surface area (Å²) < 4.78 is 0. The van der Waals surface area contributed by atoms with Gasteiger partial charge in [-0.05, 0) is 47.5 Å². The highest BCUT2D eigenvalue weighted by Crippen LogP contribution is 2.26. The average Bonchev–Trinajstić information content (AvgIpc) is 3.52. The molecule has 4 aromatic rings. The first-order valence-electron chi connectivity index (χ1n) is 10.3. The number of benzene rings is 1. The predicted octanol–water partition coefficient (Wildman–Crippen LogP) is 2.78. The Hall–Kier alpha value is -4.67. The highest BCUT2D eigenvalue weighted by molar-refractivity contribution is 6.01. The van der Waals surface area contributed by atoms with Gasteiger partial charge in [0.15, 0.2) is 0 Å². The van der Waals surface area contributed by atoms with Crippen molar-refractivity contribution in [3.05, 3.63) is 66.9 Å². The number of hydrogen-bond donors (Lipinski definition) is 3. The molecular weight excluding hydrogens is 422 g/mol. The standard InChI is InChI=1S/C22H19N9O2/c32-20-2-1-9-31(20)18-6-3-14(4-7-18)15-5-8-19(24-11-15)25-16-10-17(13-23-12-16)26-22(33)21-27-29-30-28-21/h3-8,10-13H,1-2,9H2,(H,24,25)(H,26,33)(H,27,28,29,30). The number of nitrogens with zero attached hydrogens (tertiary/aromatic N) is 6. The first-order chi connectivity index (χ1) is 16.2. The Bertz CT molecular complexity index is 1270. The van der Waals surface area contributed by atoms with E-state index in [2.05, 4.69) is 41.2 Å². The van der Waals surface area contributed by atoms with Crippen LogP contribution in [0.15, 0.2) is 61.1 Å². The molecule has 1 fully saturated rings. The van der Waals surface area contributed by atoms with Crippen molar-refractivity contribution in [1.29, 1.82) is 0 Å². The minimum Gasteiger partial charge on any atom is -0.339 e. The Morgan fingerprint density at radius 2 is 1.82 bits per heavy atom. The number of H-pyrrole nitrogens is 1. The number of anilines is 4. The van der Waals surface area contributed by atoms with Crippen molar-refractivity contribution in [2.75, 3.05) is 22.1 Å². The van der Waals surface area contributed by atoms with Crippen LogP contribution < -0.4 is 15.5 Å². The second-order valence-electron chi connectivity index (χ2n) is 7.40. The van der Waals surface area contributed by atoms with Gasteiger partial charge in [0, 0.05) is 30.4 Å². The van der Waals surface area contributed by atoms with Crippen molar-refractivity contribution in [1.82, 2.24) is 30.6 Å². The second kappa shape index (κ2) is 8.83. The fraction of sp³-hybridized carbons (Fsp3) is 0.136. The Labute approximate surface area is 188 Å². The molecule has 1 aromatic carbocycles. The lowest BCUT2D eigenvalue weighted by atomic mass is 10.1. The molecule has 0 unspecified atom stereocenters. The molecule has 1 saturated heterocycles. The number of carbonyl (C=O) groups is 2. The molecule has 4 heterocycles. The number of pyridine rings is 2. The topological polar surface area (TPSA) is 142 Å². The number of aromatic amines is 1. The third-order valence-electron chi connectivity index (χ3n) is 5.17. The van der Waals surface area contributed by atoms with E-state index in [9.17, 15) is 9.59 Å². The van der Waals surface area contributed by atoms with Crippen LogP contribution >= 0.6 is 0 Å². The molecule has 3 aromatic heterocycles. The van der Waals surface area contributed by atoms with Gasteiger partial charge in [-0.2, -0.15) is 5.21 Å². The Kier molecular flexibility index (Phi) is 5.42. The van der Waals surface area contributed by atoms with E-state index in [1.165, 1.54) is 6.20 Å². The van der Waals surface area contributed by atoms with Gasteiger partial charge >= 0.3 is 0 Å². The summed E-state index contributed by atoms with van der Waals surface area (Å²) in [5.74, 6) is 0.241. The molecule has 1 aliphatic heterocycles. The van der Waals surface area contributed by atoms with Gasteiger partial charge in [0.25, 0.3) is 11.7 Å². The molecule has 3 N–H and O–H groups in total. The van der Waals surface area contributed by atoms with Gasteiger partial charge in [0.1, 0.15) is 5.82 Å². The quantitative estimate of drug-likeness (QED) is 0.415. The lowest BCUT2D eigenvalue weighted by molar-refractivity contribution is -0.117. The zero-order valence-electron chi connectivity index (χ0n) is 17.4. The van der Waals surface area contributed by atoms with Crippen molar-refractivity contribution in [2.45, 2.75) is 12.8 Å². The molecule has 0 aliphatic carbocycles. The van der Waals surface area contributed by atoms with E-state index in [0.717, 1.165) is 29.8 Å². The summed E-state index contributed by atoms with van der Waals surface area (Å²) in [6.07, 6.45) is 6.43. The van der Waals surface area contributed by atoms with Crippen molar-refractivity contribution in [3.8, 4) is 11.1 Å². The van der Waals surface area contributed by atoms with Crippen LogP contribution in [0, 0.1) is 0 Å². The maximum atomic E-state index is 12.1. The van der Waals surface area contributed by atoms with Gasteiger partial charge < -0.3 is 15.5 Å². The van der Waals surface area contributed by atoms with E-state index in [-0.39, 0.29) is 11.7 Å². The number of hydrogen-bond acceptors (Lipinski definition) is 8. The molecule has 0 atom stereocenters. The third kappa shape index (κ3) is 4.51. The third-order valence-corrected chi connectivity index (χ3v) is 5.17. The maximum Gasteiger partial charge on any atom is 0.297 e. The van der Waals surface area contributed by atoms with E-state index in [1.54, 1.807) is 18.5 Å². The van der Waals surface area contributed by atoms with Crippen LogP contribution in [-0.4, -0.2) is 49.0 Å². The Morgan fingerprint density at radius 1 is 1.00 bits per heavy atom. The summed E-state index contributed by atoms with van der Waals surface area (Å²) in [6, 6.07) is 13.4. The molecule has 1 aliphatic rings. The summed E-state index contributed by atoms with van der Waals surface area (Å²) in [7, 11) is 0. The summed E-state index contributed by atoms with van der Waals surface area (Å²) in [6.45, 7) is 0.775. The van der Waals surface area contributed by atoms with Crippen molar-refractivity contribution in [2.24, 2.45) is 0 Å². The van der Waals surface area contributed by atoms with Gasteiger partial charge in [0.05, 0.1) is 23.8 Å². The number of rotatable bonds is 6. The average molecular weight is 441 g/mol. The number of carbonyl (C=O) groups excluding carboxylic acids is 2. The van der Waals surface area contributed by atoms with Gasteiger partial charge in [-0.3, -0.25) is 14.6 Å². The lowest BCUT2D eigenvalue weighted by Crippen LogP contribution is -2.23. The SMILES string of the molecule is O=C(Nc1cncc(Nc2ccc(-c3ccc(N4CCCC4=O)cc3)cn2)c1)c1nn[nH]n1. The molecular formula is C22H19N9O2. The highest BCUT2D eigenvalue weighted by atomic mass is 16.2. The van der Waals surface area contributed by atoms with E-state index < -0.39 is 5.91 Å². The van der Waals surface area contributed by atoms with Crippen LogP contribution in [0.5, 0.6) is 0 Å². The summed E-state index contributed by atoms with van der Waals surface area (Å²) >= 11 is 0. The molecule has 164 valence electrons. The molecule has 0 radical (unpaired) electrons. The highest BCUT2D eigenvalue weighted by Gasteiger charge is 2.21. The van der Waals surface area contributed by atoms with Gasteiger partial charge in [0.2, 0.25) is 5.91 Å². The van der Waals surface area contributed by atoms with Crippen molar-refractivity contribution < 1.29 is 9.59 Å². The fourth-order valence-electron chi connectivity index (χ4n) is 3.56. The lowest BCUT2D eigenvalue weighted by Gasteiger charge is -2.16. The molecule has 33 heavy (non-hydrogen) atoms. The minimum atomic E-state index is -0.495. The van der Waals surface area contributed by atoms with E-state index in [1.807, 2.05) is 41.3 Å². The van der Waals surface area contributed by atoms with Crippen LogP contribution in [0.3, 0.4) is 0 Å². The number of aromatic nitrogens is 6. The van der Waals surface area contributed by atoms with Crippen LogP contribution in [-0.2, 0) is 4.79 Å². The smallest absolute Gasteiger partial charge is 0.297 e. The molecule has 5 rings (SSSR count). The largest absolute Gasteiger partial charge is 0.339 e. The summed E-state index contributed by atoms with van der Waals surface area (Å²) in [5.41, 5.74) is 4.02. The molecule has 0 saturated carbocycles. The fourth-order valence-corrected chi connectivity index (χ4v) is 3.56. The second-order valence-corrected chi connectivity index (χ2v) is 7.40. The zero-order valence-corrected chi connectivity index (χ0v) is 17.4. The van der Waals surface area contributed by atoms with Crippen LogP contribution in [0.4, 0.5) is 22.9 Å².